The Kier molecular flexibility index (Phi) is 13.1. The first-order chi connectivity index (χ1) is 33.3. The molecule has 3 heterocycles. The van der Waals surface area contributed by atoms with E-state index in [2.05, 4.69) is 213 Å². The van der Waals surface area contributed by atoms with E-state index < -0.39 is 0 Å². The second-order valence-corrected chi connectivity index (χ2v) is 19.7. The van der Waals surface area contributed by atoms with Crippen LogP contribution in [0.5, 0.6) is 0 Å². The smallest absolute Gasteiger partial charge is 0.305 e. The number of rotatable bonds is 15. The monoisotopic (exact) mass is 942 g/mol. The fourth-order valence-corrected chi connectivity index (χ4v) is 11.4. The van der Waals surface area contributed by atoms with Gasteiger partial charge in [-0.15, -0.1) is 22.7 Å². The summed E-state index contributed by atoms with van der Waals surface area (Å²) in [5.74, 6) is -0.201. The number of esters is 1. The van der Waals surface area contributed by atoms with Crippen molar-refractivity contribution in [3.05, 3.63) is 204 Å². The van der Waals surface area contributed by atoms with Gasteiger partial charge in [-0.3, -0.25) is 4.79 Å². The molecule has 3 aromatic heterocycles. The van der Waals surface area contributed by atoms with Gasteiger partial charge in [-0.05, 0) is 157 Å². The summed E-state index contributed by atoms with van der Waals surface area (Å²) in [7, 11) is 1.43. The zero-order valence-corrected chi connectivity index (χ0v) is 40.9. The Morgan fingerprint density at radius 1 is 0.485 bits per heavy atom. The van der Waals surface area contributed by atoms with Crippen LogP contribution in [-0.2, 0) is 22.4 Å². The van der Waals surface area contributed by atoms with Gasteiger partial charge in [-0.25, -0.2) is 0 Å². The second kappa shape index (κ2) is 20.0. The Balaban J connectivity index is 0.881. The molecular formula is C59H50N4O2S3. The second-order valence-electron chi connectivity index (χ2n) is 17.1. The number of methoxy groups -OCH3 is 1. The van der Waals surface area contributed by atoms with E-state index in [0.29, 0.717) is 12.8 Å². The van der Waals surface area contributed by atoms with E-state index in [0.717, 1.165) is 85.1 Å². The third-order valence-corrected chi connectivity index (χ3v) is 15.1. The molecule has 0 saturated heterocycles. The van der Waals surface area contributed by atoms with Crippen molar-refractivity contribution in [3.63, 3.8) is 0 Å². The van der Waals surface area contributed by atoms with Crippen molar-refractivity contribution < 1.29 is 9.53 Å². The molecule has 0 spiro atoms. The van der Waals surface area contributed by atoms with Crippen molar-refractivity contribution in [2.75, 3.05) is 16.9 Å². The predicted molar refractivity (Wildman–Crippen MR) is 288 cm³/mol. The van der Waals surface area contributed by atoms with E-state index in [9.17, 15) is 4.79 Å². The lowest BCUT2D eigenvalue weighted by Gasteiger charge is -2.26. The molecule has 68 heavy (non-hydrogen) atoms. The molecule has 0 bridgehead atoms. The van der Waals surface area contributed by atoms with Crippen molar-refractivity contribution >= 4 is 85.5 Å². The molecule has 0 fully saturated rings. The molecule has 0 atom stereocenters. The van der Waals surface area contributed by atoms with Crippen LogP contribution in [0.15, 0.2) is 182 Å². The quantitative estimate of drug-likeness (QED) is 0.0955. The normalized spacial score (nSPS) is 11.2. The third kappa shape index (κ3) is 9.51. The Morgan fingerprint density at radius 3 is 1.31 bits per heavy atom. The first-order valence-corrected chi connectivity index (χ1v) is 25.3. The highest BCUT2D eigenvalue weighted by Crippen LogP contribution is 2.44. The number of aromatic nitrogens is 2. The summed E-state index contributed by atoms with van der Waals surface area (Å²) in [6, 6.07) is 65.7. The van der Waals surface area contributed by atoms with Crippen LogP contribution in [0.1, 0.15) is 42.0 Å². The lowest BCUT2D eigenvalue weighted by atomic mass is 10.1. The maximum absolute atomic E-state index is 11.8. The molecular weight excluding hydrogens is 893 g/mol. The molecule has 10 rings (SSSR count). The number of hydrogen-bond donors (Lipinski definition) is 0. The molecule has 0 saturated carbocycles. The minimum atomic E-state index is -0.201. The van der Waals surface area contributed by atoms with Crippen LogP contribution in [0, 0.1) is 13.8 Å². The van der Waals surface area contributed by atoms with Crippen molar-refractivity contribution in [1.82, 2.24) is 8.75 Å². The van der Waals surface area contributed by atoms with Crippen LogP contribution in [0.4, 0.5) is 34.1 Å². The van der Waals surface area contributed by atoms with Gasteiger partial charge in [-0.2, -0.15) is 8.75 Å². The van der Waals surface area contributed by atoms with Gasteiger partial charge in [0.25, 0.3) is 0 Å². The number of benzene rings is 7. The molecule has 0 N–H and O–H groups in total. The molecule has 0 aliphatic rings. The van der Waals surface area contributed by atoms with Gasteiger partial charge in [0.1, 0.15) is 11.0 Å². The molecule has 9 heteroatoms. The summed E-state index contributed by atoms with van der Waals surface area (Å²) >= 11 is 4.83. The molecule has 6 nitrogen and oxygen atoms in total. The number of fused-ring (bicyclic) bond motifs is 1. The van der Waals surface area contributed by atoms with Crippen LogP contribution < -0.4 is 9.80 Å². The van der Waals surface area contributed by atoms with Crippen molar-refractivity contribution in [2.24, 2.45) is 0 Å². The Labute approximate surface area is 410 Å². The zero-order chi connectivity index (χ0) is 46.6. The van der Waals surface area contributed by atoms with Gasteiger partial charge < -0.3 is 14.5 Å². The van der Waals surface area contributed by atoms with Crippen LogP contribution in [-0.4, -0.2) is 21.8 Å². The molecule has 0 unspecified atom stereocenters. The van der Waals surface area contributed by atoms with Crippen LogP contribution in [0.25, 0.3) is 52.8 Å². The van der Waals surface area contributed by atoms with Crippen molar-refractivity contribution in [3.8, 4) is 41.8 Å². The molecule has 0 aliphatic heterocycles. The molecule has 336 valence electrons. The Bertz CT molecular complexity index is 3330. The minimum Gasteiger partial charge on any atom is -0.469 e. The lowest BCUT2D eigenvalue weighted by molar-refractivity contribution is -0.140. The van der Waals surface area contributed by atoms with E-state index in [-0.39, 0.29) is 5.97 Å². The summed E-state index contributed by atoms with van der Waals surface area (Å²) in [4.78, 5) is 21.1. The van der Waals surface area contributed by atoms with Gasteiger partial charge in [0.05, 0.1) is 18.8 Å². The number of thiophene rings is 2. The molecule has 0 radical (unpaired) electrons. The predicted octanol–water partition coefficient (Wildman–Crippen LogP) is 17.1. The van der Waals surface area contributed by atoms with Gasteiger partial charge in [0.15, 0.2) is 0 Å². The van der Waals surface area contributed by atoms with Gasteiger partial charge in [-0.1, -0.05) is 98.3 Å². The maximum atomic E-state index is 11.8. The molecule has 0 aliphatic carbocycles. The largest absolute Gasteiger partial charge is 0.469 e. The fourth-order valence-electron chi connectivity index (χ4n) is 8.78. The summed E-state index contributed by atoms with van der Waals surface area (Å²) < 4.78 is 14.6. The molecule has 10 aromatic rings. The first-order valence-electron chi connectivity index (χ1n) is 23.0. The molecule has 7 aromatic carbocycles. The van der Waals surface area contributed by atoms with Gasteiger partial charge in [0.2, 0.25) is 0 Å². The highest BCUT2D eigenvalue weighted by atomic mass is 32.1. The number of hydrogen-bond acceptors (Lipinski definition) is 9. The number of nitrogens with zero attached hydrogens (tertiary/aromatic N) is 4. The van der Waals surface area contributed by atoms with E-state index in [4.69, 9.17) is 13.5 Å². The maximum Gasteiger partial charge on any atom is 0.305 e. The number of carbonyl (C=O) groups is 1. The van der Waals surface area contributed by atoms with Gasteiger partial charge in [0, 0.05) is 71.2 Å². The van der Waals surface area contributed by atoms with E-state index in [1.54, 1.807) is 22.7 Å². The van der Waals surface area contributed by atoms with E-state index >= 15 is 0 Å². The summed E-state index contributed by atoms with van der Waals surface area (Å²) in [6.45, 7) is 6.49. The van der Waals surface area contributed by atoms with Crippen molar-refractivity contribution in [1.29, 1.82) is 0 Å². The highest BCUT2D eigenvalue weighted by molar-refractivity contribution is 7.19. The number of carbonyl (C=O) groups excluding carboxylic acids is 1. The average Bonchev–Trinajstić information content (AvgIpc) is 4.18. The zero-order valence-electron chi connectivity index (χ0n) is 38.5. The van der Waals surface area contributed by atoms with Crippen LogP contribution in [0.2, 0.25) is 0 Å². The number of anilines is 6. The number of aryl methyl sites for hydroxylation is 4. The number of ether oxygens (including phenoxy) is 1. The standard InChI is InChI=1S/C59H50N4O2S3/c1-5-8-41-13-22-45(23-14-41)62(49-11-6-9-39(2)37-49)47-26-18-43(19-27-47)53-32-34-55(66-53)51-30-31-52(59-58(51)60-68-61-59)56-35-33-54(67-56)44-20-28-48(29-21-44)63(50-12-7-10-40(3)38-50)46-24-15-42(16-25-46)17-36-57(64)65-4/h6-7,9-16,18-35,37-38H,5,8,17,36H2,1-4H3. The first kappa shape index (κ1) is 44.7. The summed E-state index contributed by atoms with van der Waals surface area (Å²) in [5.41, 5.74) is 17.9. The summed E-state index contributed by atoms with van der Waals surface area (Å²) in [5, 5.41) is 0. The van der Waals surface area contributed by atoms with E-state index in [1.807, 2.05) is 0 Å². The van der Waals surface area contributed by atoms with E-state index in [1.165, 1.54) is 55.7 Å². The summed E-state index contributed by atoms with van der Waals surface area (Å²) in [6.07, 6.45) is 3.22. The Morgan fingerprint density at radius 2 is 0.897 bits per heavy atom. The van der Waals surface area contributed by atoms with Gasteiger partial charge >= 0.3 is 5.97 Å². The average molecular weight is 943 g/mol. The van der Waals surface area contributed by atoms with Crippen LogP contribution in [0.3, 0.4) is 0 Å². The minimum absolute atomic E-state index is 0.201. The Hall–Kier alpha value is -7.17. The molecule has 0 amide bonds. The third-order valence-electron chi connectivity index (χ3n) is 12.3. The van der Waals surface area contributed by atoms with Crippen LogP contribution >= 0.6 is 34.4 Å². The highest BCUT2D eigenvalue weighted by Gasteiger charge is 2.19. The SMILES string of the molecule is CCCc1ccc(N(c2ccc(-c3ccc(-c4ccc(-c5ccc(-c6ccc(N(c7ccc(CCC(=O)OC)cc7)c7cccc(C)c7)cc6)s5)c5nsnc45)s3)cc2)c2cccc(C)c2)cc1. The lowest BCUT2D eigenvalue weighted by Crippen LogP contribution is -2.10. The van der Waals surface area contributed by atoms with Crippen molar-refractivity contribution in [2.45, 2.75) is 46.5 Å². The topological polar surface area (TPSA) is 58.6 Å². The fraction of sp³-hybridized carbons (Fsp3) is 0.136.